The first-order chi connectivity index (χ1) is 9.03. The van der Waals surface area contributed by atoms with Crippen molar-refractivity contribution in [1.82, 2.24) is 5.32 Å². The molecule has 1 atom stereocenters. The minimum atomic E-state index is 0.0369. The molecule has 1 aliphatic rings. The summed E-state index contributed by atoms with van der Waals surface area (Å²) in [5.74, 6) is 2.78. The monoisotopic (exact) mass is 265 g/mol. The van der Waals surface area contributed by atoms with Gasteiger partial charge in [0.25, 0.3) is 0 Å². The summed E-state index contributed by atoms with van der Waals surface area (Å²) in [7, 11) is 5.02. The molecule has 0 bridgehead atoms. The van der Waals surface area contributed by atoms with Crippen molar-refractivity contribution in [3.63, 3.8) is 0 Å². The van der Waals surface area contributed by atoms with Gasteiger partial charge in [-0.3, -0.25) is 0 Å². The summed E-state index contributed by atoms with van der Waals surface area (Å²) in [4.78, 5) is 0. The summed E-state index contributed by atoms with van der Waals surface area (Å²) in [5, 5.41) is 3.53. The number of hydrogen-bond acceptors (Lipinski definition) is 4. The molecule has 0 radical (unpaired) electrons. The standard InChI is InChI=1S/C15H23NO3/c1-15(2)11(6-7-16-15)14-12(18-4)8-10(17-3)9-13(14)19-5/h8-9,11,16H,6-7H2,1-5H3. The van der Waals surface area contributed by atoms with Gasteiger partial charge in [0, 0.05) is 29.2 Å². The Morgan fingerprint density at radius 1 is 1.05 bits per heavy atom. The quantitative estimate of drug-likeness (QED) is 0.908. The number of methoxy groups -OCH3 is 3. The van der Waals surface area contributed by atoms with Crippen LogP contribution in [0.5, 0.6) is 17.2 Å². The SMILES string of the molecule is COc1cc(OC)c(C2CCNC2(C)C)c(OC)c1. The van der Waals surface area contributed by atoms with E-state index in [4.69, 9.17) is 14.2 Å². The van der Waals surface area contributed by atoms with Crippen LogP contribution < -0.4 is 19.5 Å². The van der Waals surface area contributed by atoms with Crippen molar-refractivity contribution >= 4 is 0 Å². The van der Waals surface area contributed by atoms with Gasteiger partial charge in [0.05, 0.1) is 21.3 Å². The molecule has 1 saturated heterocycles. The molecule has 2 rings (SSSR count). The molecule has 0 saturated carbocycles. The van der Waals surface area contributed by atoms with Crippen LogP contribution >= 0.6 is 0 Å². The van der Waals surface area contributed by atoms with E-state index < -0.39 is 0 Å². The smallest absolute Gasteiger partial charge is 0.129 e. The lowest BCUT2D eigenvalue weighted by Gasteiger charge is -2.30. The fraction of sp³-hybridized carbons (Fsp3) is 0.600. The highest BCUT2D eigenvalue weighted by Gasteiger charge is 2.38. The molecule has 1 aromatic carbocycles. The predicted molar refractivity (Wildman–Crippen MR) is 75.5 cm³/mol. The maximum atomic E-state index is 5.55. The van der Waals surface area contributed by atoms with Gasteiger partial charge >= 0.3 is 0 Å². The second-order valence-corrected chi connectivity index (χ2v) is 5.44. The molecule has 19 heavy (non-hydrogen) atoms. The Morgan fingerprint density at radius 3 is 2.00 bits per heavy atom. The van der Waals surface area contributed by atoms with E-state index in [0.717, 1.165) is 35.8 Å². The van der Waals surface area contributed by atoms with Gasteiger partial charge in [-0.2, -0.15) is 0 Å². The van der Waals surface area contributed by atoms with Crippen LogP contribution in [0.1, 0.15) is 31.7 Å². The number of nitrogens with one attached hydrogen (secondary N) is 1. The van der Waals surface area contributed by atoms with Crippen molar-refractivity contribution < 1.29 is 14.2 Å². The van der Waals surface area contributed by atoms with Gasteiger partial charge in [-0.05, 0) is 26.8 Å². The van der Waals surface area contributed by atoms with E-state index in [1.54, 1.807) is 21.3 Å². The molecule has 1 fully saturated rings. The Balaban J connectivity index is 2.54. The van der Waals surface area contributed by atoms with Gasteiger partial charge in [-0.1, -0.05) is 0 Å². The fourth-order valence-electron chi connectivity index (χ4n) is 2.90. The molecule has 1 unspecified atom stereocenters. The highest BCUT2D eigenvalue weighted by atomic mass is 16.5. The number of rotatable bonds is 4. The van der Waals surface area contributed by atoms with Crippen LogP contribution in [0.4, 0.5) is 0 Å². The predicted octanol–water partition coefficient (Wildman–Crippen LogP) is 2.57. The van der Waals surface area contributed by atoms with Crippen LogP contribution in [0, 0.1) is 0 Å². The lowest BCUT2D eigenvalue weighted by atomic mass is 9.82. The average Bonchev–Trinajstić information content (AvgIpc) is 2.76. The number of ether oxygens (including phenoxy) is 3. The molecule has 0 aliphatic carbocycles. The van der Waals surface area contributed by atoms with Gasteiger partial charge in [0.2, 0.25) is 0 Å². The fourth-order valence-corrected chi connectivity index (χ4v) is 2.90. The van der Waals surface area contributed by atoms with Crippen LogP contribution in [0.25, 0.3) is 0 Å². The molecule has 0 amide bonds. The molecule has 0 spiro atoms. The second kappa shape index (κ2) is 5.29. The first-order valence-electron chi connectivity index (χ1n) is 6.58. The van der Waals surface area contributed by atoms with Gasteiger partial charge in [-0.25, -0.2) is 0 Å². The van der Waals surface area contributed by atoms with Crippen molar-refractivity contribution in [2.75, 3.05) is 27.9 Å². The molecule has 1 aliphatic heterocycles. The first-order valence-corrected chi connectivity index (χ1v) is 6.58. The number of hydrogen-bond donors (Lipinski definition) is 1. The molecule has 0 aromatic heterocycles. The average molecular weight is 265 g/mol. The van der Waals surface area contributed by atoms with E-state index in [2.05, 4.69) is 19.2 Å². The Bertz CT molecular complexity index is 432. The molecule has 4 nitrogen and oxygen atoms in total. The van der Waals surface area contributed by atoms with Gasteiger partial charge in [-0.15, -0.1) is 0 Å². The molecule has 1 aromatic rings. The van der Waals surface area contributed by atoms with Crippen LogP contribution in [0.15, 0.2) is 12.1 Å². The van der Waals surface area contributed by atoms with E-state index in [1.165, 1.54) is 0 Å². The van der Waals surface area contributed by atoms with Crippen molar-refractivity contribution in [2.24, 2.45) is 0 Å². The first kappa shape index (κ1) is 14.0. The van der Waals surface area contributed by atoms with Gasteiger partial charge < -0.3 is 19.5 Å². The largest absolute Gasteiger partial charge is 0.496 e. The van der Waals surface area contributed by atoms with E-state index in [1.807, 2.05) is 12.1 Å². The molecule has 1 heterocycles. The maximum Gasteiger partial charge on any atom is 0.129 e. The van der Waals surface area contributed by atoms with Gasteiger partial charge in [0.15, 0.2) is 0 Å². The van der Waals surface area contributed by atoms with Crippen molar-refractivity contribution in [3.8, 4) is 17.2 Å². The van der Waals surface area contributed by atoms with Crippen molar-refractivity contribution in [1.29, 1.82) is 0 Å². The highest BCUT2D eigenvalue weighted by molar-refractivity contribution is 5.53. The summed E-state index contributed by atoms with van der Waals surface area (Å²) in [5.41, 5.74) is 1.16. The highest BCUT2D eigenvalue weighted by Crippen LogP contribution is 2.46. The lowest BCUT2D eigenvalue weighted by Crippen LogP contribution is -2.37. The summed E-state index contributed by atoms with van der Waals surface area (Å²) in [6, 6.07) is 3.85. The molecule has 4 heteroatoms. The van der Waals surface area contributed by atoms with Crippen LogP contribution in [0.2, 0.25) is 0 Å². The normalized spacial score (nSPS) is 21.2. The van der Waals surface area contributed by atoms with Crippen molar-refractivity contribution in [3.05, 3.63) is 17.7 Å². The van der Waals surface area contributed by atoms with Crippen LogP contribution in [0.3, 0.4) is 0 Å². The molecule has 1 N–H and O–H groups in total. The topological polar surface area (TPSA) is 39.7 Å². The maximum absolute atomic E-state index is 5.55. The minimum absolute atomic E-state index is 0.0369. The number of benzene rings is 1. The van der Waals surface area contributed by atoms with E-state index in [0.29, 0.717) is 5.92 Å². The minimum Gasteiger partial charge on any atom is -0.496 e. The van der Waals surface area contributed by atoms with E-state index in [-0.39, 0.29) is 5.54 Å². The van der Waals surface area contributed by atoms with Crippen molar-refractivity contribution in [2.45, 2.75) is 31.7 Å². The molecular weight excluding hydrogens is 242 g/mol. The zero-order chi connectivity index (χ0) is 14.0. The summed E-state index contributed by atoms with van der Waals surface area (Å²) in [6.45, 7) is 5.44. The molecule has 106 valence electrons. The molecular formula is C15H23NO3. The Labute approximate surface area is 115 Å². The zero-order valence-electron chi connectivity index (χ0n) is 12.4. The van der Waals surface area contributed by atoms with E-state index >= 15 is 0 Å². The second-order valence-electron chi connectivity index (χ2n) is 5.44. The summed E-state index contributed by atoms with van der Waals surface area (Å²) < 4.78 is 16.4. The Kier molecular flexibility index (Phi) is 3.90. The van der Waals surface area contributed by atoms with Crippen LogP contribution in [-0.2, 0) is 0 Å². The van der Waals surface area contributed by atoms with E-state index in [9.17, 15) is 0 Å². The summed E-state index contributed by atoms with van der Waals surface area (Å²) >= 11 is 0. The lowest BCUT2D eigenvalue weighted by molar-refractivity contribution is 0.343. The summed E-state index contributed by atoms with van der Waals surface area (Å²) in [6.07, 6.45) is 1.08. The Hall–Kier alpha value is -1.42. The third-order valence-corrected chi connectivity index (χ3v) is 3.99. The van der Waals surface area contributed by atoms with Crippen LogP contribution in [-0.4, -0.2) is 33.4 Å². The third kappa shape index (κ3) is 2.50. The van der Waals surface area contributed by atoms with Gasteiger partial charge in [0.1, 0.15) is 17.2 Å². The third-order valence-electron chi connectivity index (χ3n) is 3.99. The Morgan fingerprint density at radius 2 is 1.63 bits per heavy atom. The zero-order valence-corrected chi connectivity index (χ0v) is 12.4.